The van der Waals surface area contributed by atoms with E-state index in [-0.39, 0.29) is 5.56 Å². The Morgan fingerprint density at radius 2 is 1.79 bits per heavy atom. The van der Waals surface area contributed by atoms with Gasteiger partial charge in [0.05, 0.1) is 5.56 Å². The summed E-state index contributed by atoms with van der Waals surface area (Å²) in [4.78, 5) is 13.5. The Morgan fingerprint density at radius 1 is 1.21 bits per heavy atom. The molecule has 0 aromatic heterocycles. The minimum absolute atomic E-state index is 0.217. The molecule has 4 nitrogen and oxygen atoms in total. The quantitative estimate of drug-likeness (QED) is 0.771. The first-order valence-corrected chi connectivity index (χ1v) is 7.01. The second kappa shape index (κ2) is 4.76. The van der Waals surface area contributed by atoms with Crippen LogP contribution in [0.15, 0.2) is 18.2 Å². The van der Waals surface area contributed by atoms with E-state index in [4.69, 9.17) is 10.8 Å². The molecule has 0 bridgehead atoms. The lowest BCUT2D eigenvalue weighted by atomic mass is 10.1. The molecular formula is C15H20N2O2. The second-order valence-corrected chi connectivity index (χ2v) is 5.87. The highest BCUT2D eigenvalue weighted by molar-refractivity contribution is 5.94. The van der Waals surface area contributed by atoms with Crippen molar-refractivity contribution in [3.63, 3.8) is 0 Å². The molecule has 0 radical (unpaired) electrons. The van der Waals surface area contributed by atoms with Crippen LogP contribution in [0.5, 0.6) is 0 Å². The number of carbonyl (C=O) groups is 1. The predicted molar refractivity (Wildman–Crippen MR) is 75.5 cm³/mol. The number of nitrogen functional groups attached to an aromatic ring is 1. The number of hydrogen-bond acceptors (Lipinski definition) is 3. The minimum Gasteiger partial charge on any atom is -0.478 e. The van der Waals surface area contributed by atoms with Gasteiger partial charge < -0.3 is 15.7 Å². The zero-order chi connectivity index (χ0) is 13.4. The van der Waals surface area contributed by atoms with Crippen LogP contribution in [0.3, 0.4) is 0 Å². The first-order valence-electron chi connectivity index (χ1n) is 7.01. The van der Waals surface area contributed by atoms with Gasteiger partial charge in [-0.2, -0.15) is 0 Å². The summed E-state index contributed by atoms with van der Waals surface area (Å²) in [5, 5.41) is 9.16. The van der Waals surface area contributed by atoms with Gasteiger partial charge in [-0.3, -0.25) is 0 Å². The van der Waals surface area contributed by atoms with Gasteiger partial charge in [0, 0.05) is 24.5 Å². The number of benzene rings is 1. The average molecular weight is 260 g/mol. The van der Waals surface area contributed by atoms with Crippen LogP contribution in [0.4, 0.5) is 11.4 Å². The van der Waals surface area contributed by atoms with Crippen LogP contribution in [0, 0.1) is 11.8 Å². The fourth-order valence-corrected chi connectivity index (χ4v) is 2.44. The maximum atomic E-state index is 11.2. The topological polar surface area (TPSA) is 66.6 Å². The molecule has 0 unspecified atom stereocenters. The SMILES string of the molecule is Nc1ccc(N(CC2CC2)CC2CC2)cc1C(=O)O. The third-order valence-corrected chi connectivity index (χ3v) is 3.98. The molecule has 0 aliphatic heterocycles. The number of carboxylic acids is 1. The molecule has 2 aliphatic rings. The van der Waals surface area contributed by atoms with Crippen LogP contribution in [-0.4, -0.2) is 24.2 Å². The first-order chi connectivity index (χ1) is 9.13. The number of rotatable bonds is 6. The molecule has 3 N–H and O–H groups in total. The van der Waals surface area contributed by atoms with Crippen molar-refractivity contribution in [1.29, 1.82) is 0 Å². The summed E-state index contributed by atoms with van der Waals surface area (Å²) >= 11 is 0. The average Bonchev–Trinajstić information content (AvgIpc) is 3.23. The van der Waals surface area contributed by atoms with Crippen molar-refractivity contribution in [3.8, 4) is 0 Å². The molecule has 19 heavy (non-hydrogen) atoms. The van der Waals surface area contributed by atoms with E-state index < -0.39 is 5.97 Å². The maximum absolute atomic E-state index is 11.2. The molecular weight excluding hydrogens is 240 g/mol. The van der Waals surface area contributed by atoms with Gasteiger partial charge in [-0.05, 0) is 55.7 Å². The number of nitrogens with zero attached hydrogens (tertiary/aromatic N) is 1. The van der Waals surface area contributed by atoms with Gasteiger partial charge in [-0.1, -0.05) is 0 Å². The molecule has 2 fully saturated rings. The van der Waals surface area contributed by atoms with Gasteiger partial charge in [0.1, 0.15) is 0 Å². The normalized spacial score (nSPS) is 18.3. The molecule has 4 heteroatoms. The summed E-state index contributed by atoms with van der Waals surface area (Å²) in [6.45, 7) is 2.11. The summed E-state index contributed by atoms with van der Waals surface area (Å²) in [5.74, 6) is 0.645. The van der Waals surface area contributed by atoms with Gasteiger partial charge >= 0.3 is 5.97 Å². The molecule has 1 aromatic carbocycles. The first kappa shape index (κ1) is 12.3. The molecule has 0 spiro atoms. The summed E-state index contributed by atoms with van der Waals surface area (Å²) in [5.41, 5.74) is 7.28. The lowest BCUT2D eigenvalue weighted by Gasteiger charge is -2.25. The molecule has 0 heterocycles. The van der Waals surface area contributed by atoms with Crippen LogP contribution in [0.1, 0.15) is 36.0 Å². The van der Waals surface area contributed by atoms with E-state index in [1.54, 1.807) is 12.1 Å². The highest BCUT2D eigenvalue weighted by Crippen LogP contribution is 2.36. The van der Waals surface area contributed by atoms with Gasteiger partial charge in [0.15, 0.2) is 0 Å². The number of nitrogens with two attached hydrogens (primary N) is 1. The van der Waals surface area contributed by atoms with E-state index in [9.17, 15) is 4.79 Å². The smallest absolute Gasteiger partial charge is 0.337 e. The van der Waals surface area contributed by atoms with Crippen LogP contribution >= 0.6 is 0 Å². The van der Waals surface area contributed by atoms with Crippen molar-refractivity contribution in [3.05, 3.63) is 23.8 Å². The largest absolute Gasteiger partial charge is 0.478 e. The monoisotopic (exact) mass is 260 g/mol. The van der Waals surface area contributed by atoms with Crippen molar-refractivity contribution in [2.75, 3.05) is 23.7 Å². The molecule has 0 amide bonds. The lowest BCUT2D eigenvalue weighted by molar-refractivity contribution is 0.0698. The van der Waals surface area contributed by atoms with E-state index >= 15 is 0 Å². The fourth-order valence-electron chi connectivity index (χ4n) is 2.44. The molecule has 2 saturated carbocycles. The van der Waals surface area contributed by atoms with Crippen molar-refractivity contribution in [2.45, 2.75) is 25.7 Å². The summed E-state index contributed by atoms with van der Waals surface area (Å²) in [6.07, 6.45) is 5.23. The van der Waals surface area contributed by atoms with Gasteiger partial charge in [-0.25, -0.2) is 4.79 Å². The van der Waals surface area contributed by atoms with Crippen molar-refractivity contribution < 1.29 is 9.90 Å². The zero-order valence-electron chi connectivity index (χ0n) is 11.0. The Hall–Kier alpha value is -1.71. The predicted octanol–water partition coefficient (Wildman–Crippen LogP) is 2.59. The van der Waals surface area contributed by atoms with Crippen LogP contribution in [0.25, 0.3) is 0 Å². The molecule has 1 aromatic rings. The lowest BCUT2D eigenvalue weighted by Crippen LogP contribution is -2.28. The number of hydrogen-bond donors (Lipinski definition) is 2. The standard InChI is InChI=1S/C15H20N2O2/c16-14-6-5-12(7-13(14)15(18)19)17(8-10-1-2-10)9-11-3-4-11/h5-7,10-11H,1-4,8-9,16H2,(H,18,19). The second-order valence-electron chi connectivity index (χ2n) is 5.87. The molecule has 2 aliphatic carbocycles. The Balaban J connectivity index is 1.82. The Morgan fingerprint density at radius 3 is 2.26 bits per heavy atom. The highest BCUT2D eigenvalue weighted by Gasteiger charge is 2.29. The van der Waals surface area contributed by atoms with Gasteiger partial charge in [0.25, 0.3) is 0 Å². The third kappa shape index (κ3) is 3.00. The van der Waals surface area contributed by atoms with E-state index in [1.165, 1.54) is 25.7 Å². The molecule has 3 rings (SSSR count). The van der Waals surface area contributed by atoms with Crippen molar-refractivity contribution in [2.24, 2.45) is 11.8 Å². The van der Waals surface area contributed by atoms with Crippen molar-refractivity contribution in [1.82, 2.24) is 0 Å². The molecule has 0 atom stereocenters. The highest BCUT2D eigenvalue weighted by atomic mass is 16.4. The molecule has 0 saturated heterocycles. The van der Waals surface area contributed by atoms with Gasteiger partial charge in [-0.15, -0.1) is 0 Å². The van der Waals surface area contributed by atoms with E-state index in [2.05, 4.69) is 4.90 Å². The Labute approximate surface area is 113 Å². The fraction of sp³-hybridized carbons (Fsp3) is 0.533. The van der Waals surface area contributed by atoms with Crippen molar-refractivity contribution >= 4 is 17.3 Å². The van der Waals surface area contributed by atoms with E-state index in [0.717, 1.165) is 30.6 Å². The van der Waals surface area contributed by atoms with E-state index in [1.807, 2.05) is 6.07 Å². The minimum atomic E-state index is -0.947. The number of aromatic carboxylic acids is 1. The zero-order valence-corrected chi connectivity index (χ0v) is 11.0. The number of carboxylic acid groups (broad SMARTS) is 1. The summed E-state index contributed by atoms with van der Waals surface area (Å²) < 4.78 is 0. The maximum Gasteiger partial charge on any atom is 0.337 e. The number of anilines is 2. The van der Waals surface area contributed by atoms with E-state index in [0.29, 0.717) is 5.69 Å². The summed E-state index contributed by atoms with van der Waals surface area (Å²) in [7, 11) is 0. The van der Waals surface area contributed by atoms with Crippen LogP contribution < -0.4 is 10.6 Å². The summed E-state index contributed by atoms with van der Waals surface area (Å²) in [6, 6.07) is 5.39. The Kier molecular flexibility index (Phi) is 3.09. The molecule has 102 valence electrons. The Bertz CT molecular complexity index is 479. The van der Waals surface area contributed by atoms with Crippen LogP contribution in [-0.2, 0) is 0 Å². The third-order valence-electron chi connectivity index (χ3n) is 3.98. The van der Waals surface area contributed by atoms with Crippen LogP contribution in [0.2, 0.25) is 0 Å². The van der Waals surface area contributed by atoms with Gasteiger partial charge in [0.2, 0.25) is 0 Å².